The fourth-order valence-electron chi connectivity index (χ4n) is 0.885. The molecule has 0 aliphatic heterocycles. The number of ether oxygens (including phenoxy) is 1. The number of rotatable bonds is 2. The molecule has 0 amide bonds. The summed E-state index contributed by atoms with van der Waals surface area (Å²) >= 11 is 0. The van der Waals surface area contributed by atoms with Gasteiger partial charge in [-0.05, 0) is 24.3 Å². The Morgan fingerprint density at radius 2 is 2.33 bits per heavy atom. The summed E-state index contributed by atoms with van der Waals surface area (Å²) in [6.45, 7) is 3.42. The molecule has 2 heteroatoms. The van der Waals surface area contributed by atoms with Gasteiger partial charge in [-0.2, -0.15) is 0 Å². The van der Waals surface area contributed by atoms with Crippen molar-refractivity contribution in [1.29, 1.82) is 0 Å². The van der Waals surface area contributed by atoms with Gasteiger partial charge in [0.1, 0.15) is 11.5 Å². The second-order valence-corrected chi connectivity index (χ2v) is 2.27. The van der Waals surface area contributed by atoms with Gasteiger partial charge in [0.25, 0.3) is 0 Å². The van der Waals surface area contributed by atoms with Gasteiger partial charge in [-0.25, -0.2) is 0 Å². The van der Waals surface area contributed by atoms with Crippen LogP contribution < -0.4 is 4.74 Å². The highest BCUT2D eigenvalue weighted by molar-refractivity contribution is 5.58. The molecule has 12 heavy (non-hydrogen) atoms. The van der Waals surface area contributed by atoms with Gasteiger partial charge < -0.3 is 9.84 Å². The minimum absolute atomic E-state index is 0.201. The number of hydrogen-bond acceptors (Lipinski definition) is 2. The monoisotopic (exact) mass is 162 g/mol. The largest absolute Gasteiger partial charge is 0.507 e. The molecule has 0 bridgehead atoms. The highest BCUT2D eigenvalue weighted by Crippen LogP contribution is 2.23. The number of benzene rings is 1. The van der Waals surface area contributed by atoms with Crippen molar-refractivity contribution in [3.63, 3.8) is 0 Å². The SMILES string of the molecule is C=C=Cc1cc(OC)ccc1O. The Hall–Kier alpha value is -1.66. The maximum absolute atomic E-state index is 9.31. The molecule has 0 aromatic heterocycles. The second-order valence-electron chi connectivity index (χ2n) is 2.27. The van der Waals surface area contributed by atoms with Gasteiger partial charge in [0.05, 0.1) is 7.11 Å². The third kappa shape index (κ3) is 1.68. The van der Waals surface area contributed by atoms with Crippen molar-refractivity contribution >= 4 is 6.08 Å². The fourth-order valence-corrected chi connectivity index (χ4v) is 0.885. The third-order valence-corrected chi connectivity index (χ3v) is 1.49. The Balaban J connectivity index is 3.16. The van der Waals surface area contributed by atoms with Crippen LogP contribution in [0.25, 0.3) is 6.08 Å². The molecule has 0 aliphatic carbocycles. The summed E-state index contributed by atoms with van der Waals surface area (Å²) in [5, 5.41) is 9.31. The molecular formula is C10H10O2. The van der Waals surface area contributed by atoms with Crippen LogP contribution in [0, 0.1) is 0 Å². The van der Waals surface area contributed by atoms with Gasteiger partial charge in [0, 0.05) is 5.56 Å². The average Bonchev–Trinajstić information content (AvgIpc) is 2.09. The Morgan fingerprint density at radius 3 is 2.92 bits per heavy atom. The molecular weight excluding hydrogens is 152 g/mol. The minimum Gasteiger partial charge on any atom is -0.507 e. The Kier molecular flexibility index (Phi) is 2.57. The summed E-state index contributed by atoms with van der Waals surface area (Å²) in [5.41, 5.74) is 3.24. The van der Waals surface area contributed by atoms with Gasteiger partial charge in [0.2, 0.25) is 0 Å². The normalized spacial score (nSPS) is 8.75. The van der Waals surface area contributed by atoms with Crippen LogP contribution in [0.3, 0.4) is 0 Å². The second kappa shape index (κ2) is 3.65. The van der Waals surface area contributed by atoms with E-state index >= 15 is 0 Å². The molecule has 1 N–H and O–H groups in total. The summed E-state index contributed by atoms with van der Waals surface area (Å²) in [7, 11) is 1.58. The van der Waals surface area contributed by atoms with Gasteiger partial charge >= 0.3 is 0 Å². The molecule has 0 saturated heterocycles. The summed E-state index contributed by atoms with van der Waals surface area (Å²) in [6.07, 6.45) is 1.60. The van der Waals surface area contributed by atoms with Gasteiger partial charge in [-0.3, -0.25) is 0 Å². The lowest BCUT2D eigenvalue weighted by atomic mass is 10.2. The Bertz CT molecular complexity index is 323. The predicted molar refractivity (Wildman–Crippen MR) is 48.3 cm³/mol. The van der Waals surface area contributed by atoms with E-state index in [1.165, 1.54) is 0 Å². The lowest BCUT2D eigenvalue weighted by Gasteiger charge is -2.01. The van der Waals surface area contributed by atoms with Crippen molar-refractivity contribution in [2.45, 2.75) is 0 Å². The van der Waals surface area contributed by atoms with Gasteiger partial charge in [-0.15, -0.1) is 5.73 Å². The Labute approximate surface area is 71.4 Å². The zero-order valence-corrected chi connectivity index (χ0v) is 6.87. The topological polar surface area (TPSA) is 29.5 Å². The zero-order valence-electron chi connectivity index (χ0n) is 6.87. The third-order valence-electron chi connectivity index (χ3n) is 1.49. The number of aromatic hydroxyl groups is 1. The number of phenolic OH excluding ortho intramolecular Hbond substituents is 1. The standard InChI is InChI=1S/C10H10O2/c1-3-4-8-7-9(12-2)5-6-10(8)11/h4-7,11H,1H2,2H3. The summed E-state index contributed by atoms with van der Waals surface area (Å²) < 4.78 is 4.98. The smallest absolute Gasteiger partial charge is 0.123 e. The van der Waals surface area contributed by atoms with Crippen molar-refractivity contribution in [3.05, 3.63) is 36.1 Å². The summed E-state index contributed by atoms with van der Waals surface area (Å²) in [5.74, 6) is 0.904. The summed E-state index contributed by atoms with van der Waals surface area (Å²) in [6, 6.07) is 4.98. The van der Waals surface area contributed by atoms with Crippen molar-refractivity contribution in [2.75, 3.05) is 7.11 Å². The van der Waals surface area contributed by atoms with Crippen LogP contribution in [0.1, 0.15) is 5.56 Å². The van der Waals surface area contributed by atoms with Crippen molar-refractivity contribution < 1.29 is 9.84 Å². The first-order valence-electron chi connectivity index (χ1n) is 3.50. The van der Waals surface area contributed by atoms with Crippen molar-refractivity contribution in [3.8, 4) is 11.5 Å². The lowest BCUT2D eigenvalue weighted by molar-refractivity contribution is 0.412. The van der Waals surface area contributed by atoms with E-state index < -0.39 is 0 Å². The Morgan fingerprint density at radius 1 is 1.58 bits per heavy atom. The molecule has 0 saturated carbocycles. The first-order valence-corrected chi connectivity index (χ1v) is 3.50. The van der Waals surface area contributed by atoms with Crippen LogP contribution in [0.15, 0.2) is 30.5 Å². The van der Waals surface area contributed by atoms with E-state index in [4.69, 9.17) is 4.74 Å². The van der Waals surface area contributed by atoms with E-state index in [9.17, 15) is 5.11 Å². The first kappa shape index (κ1) is 8.44. The highest BCUT2D eigenvalue weighted by Gasteiger charge is 1.98. The molecule has 0 unspecified atom stereocenters. The molecule has 1 aromatic rings. The molecule has 2 nitrogen and oxygen atoms in total. The number of hydrogen-bond donors (Lipinski definition) is 1. The van der Waals surface area contributed by atoms with E-state index in [2.05, 4.69) is 12.3 Å². The van der Waals surface area contributed by atoms with Crippen LogP contribution in [0.5, 0.6) is 11.5 Å². The molecule has 0 heterocycles. The van der Waals surface area contributed by atoms with Crippen molar-refractivity contribution in [2.24, 2.45) is 0 Å². The van der Waals surface area contributed by atoms with Crippen LogP contribution in [0.4, 0.5) is 0 Å². The van der Waals surface area contributed by atoms with Gasteiger partial charge in [0.15, 0.2) is 0 Å². The van der Waals surface area contributed by atoms with E-state index in [1.807, 2.05) is 0 Å². The molecule has 0 atom stereocenters. The van der Waals surface area contributed by atoms with Gasteiger partial charge in [-0.1, -0.05) is 6.58 Å². The highest BCUT2D eigenvalue weighted by atomic mass is 16.5. The van der Waals surface area contributed by atoms with E-state index in [0.717, 1.165) is 0 Å². The number of methoxy groups -OCH3 is 1. The van der Waals surface area contributed by atoms with E-state index in [0.29, 0.717) is 11.3 Å². The molecule has 0 fully saturated rings. The lowest BCUT2D eigenvalue weighted by Crippen LogP contribution is -1.82. The maximum Gasteiger partial charge on any atom is 0.123 e. The fraction of sp³-hybridized carbons (Fsp3) is 0.100. The minimum atomic E-state index is 0.201. The quantitative estimate of drug-likeness (QED) is 0.675. The van der Waals surface area contributed by atoms with Crippen LogP contribution in [-0.2, 0) is 0 Å². The molecule has 0 spiro atoms. The maximum atomic E-state index is 9.31. The molecule has 1 rings (SSSR count). The van der Waals surface area contributed by atoms with Crippen LogP contribution >= 0.6 is 0 Å². The molecule has 0 radical (unpaired) electrons. The number of phenols is 1. The molecule has 0 aliphatic rings. The predicted octanol–water partition coefficient (Wildman–Crippen LogP) is 2.20. The van der Waals surface area contributed by atoms with Crippen LogP contribution in [0.2, 0.25) is 0 Å². The van der Waals surface area contributed by atoms with Crippen LogP contribution in [-0.4, -0.2) is 12.2 Å². The van der Waals surface area contributed by atoms with E-state index in [-0.39, 0.29) is 5.75 Å². The average molecular weight is 162 g/mol. The first-order chi connectivity index (χ1) is 5.77. The van der Waals surface area contributed by atoms with Crippen molar-refractivity contribution in [1.82, 2.24) is 0 Å². The zero-order chi connectivity index (χ0) is 8.97. The molecule has 1 aromatic carbocycles. The summed E-state index contributed by atoms with van der Waals surface area (Å²) in [4.78, 5) is 0. The van der Waals surface area contributed by atoms with E-state index in [1.54, 1.807) is 31.4 Å². The molecule has 62 valence electrons.